The number of hydrogen-bond acceptors (Lipinski definition) is 4. The molecule has 1 amide bonds. The maximum Gasteiger partial charge on any atom is 0.283 e. The molecule has 0 fully saturated rings. The largest absolute Gasteiger partial charge is 0.283 e. The molecule has 0 unspecified atom stereocenters. The zero-order valence-electron chi connectivity index (χ0n) is 15.5. The van der Waals surface area contributed by atoms with Gasteiger partial charge in [0.1, 0.15) is 11.7 Å². The molecule has 0 bridgehead atoms. The Bertz CT molecular complexity index is 1330. The Morgan fingerprint density at radius 1 is 1.14 bits per heavy atom. The normalized spacial score (nSPS) is 11.0. The number of carbonyl (C=O) groups is 1. The van der Waals surface area contributed by atoms with Crippen LogP contribution in [0.3, 0.4) is 0 Å². The second kappa shape index (κ2) is 7.46. The summed E-state index contributed by atoms with van der Waals surface area (Å²) in [5.41, 5.74) is 5.79. The molecule has 0 aliphatic carbocycles. The first-order valence-corrected chi connectivity index (χ1v) is 9.81. The first kappa shape index (κ1) is 19.4. The van der Waals surface area contributed by atoms with Crippen LogP contribution >= 0.6 is 27.5 Å². The Morgan fingerprint density at radius 3 is 2.69 bits per heavy atom. The summed E-state index contributed by atoms with van der Waals surface area (Å²) in [5, 5.41) is 4.86. The second-order valence-electron chi connectivity index (χ2n) is 6.55. The molecule has 0 atom stereocenters. The number of amides is 1. The van der Waals surface area contributed by atoms with Gasteiger partial charge in [0.05, 0.1) is 22.5 Å². The van der Waals surface area contributed by atoms with E-state index in [-0.39, 0.29) is 16.0 Å². The van der Waals surface area contributed by atoms with Crippen LogP contribution in [0.25, 0.3) is 16.7 Å². The number of carbonyl (C=O) groups excluding carboxylic acids is 1. The minimum atomic E-state index is -0.527. The number of nitrogens with one attached hydrogen (secondary N) is 1. The van der Waals surface area contributed by atoms with E-state index in [4.69, 9.17) is 11.6 Å². The van der Waals surface area contributed by atoms with E-state index in [1.165, 1.54) is 12.5 Å². The topological polar surface area (TPSA) is 81.8 Å². The van der Waals surface area contributed by atoms with Crippen molar-refractivity contribution in [3.63, 3.8) is 0 Å². The summed E-state index contributed by atoms with van der Waals surface area (Å²) in [6, 6.07) is 10.8. The molecule has 146 valence electrons. The van der Waals surface area contributed by atoms with Crippen LogP contribution in [0.5, 0.6) is 0 Å². The van der Waals surface area contributed by atoms with Gasteiger partial charge in [-0.3, -0.25) is 15.0 Å². The van der Waals surface area contributed by atoms with E-state index in [1.54, 1.807) is 22.9 Å². The molecule has 0 radical (unpaired) electrons. The number of aryl methyl sites for hydroxylation is 2. The van der Waals surface area contributed by atoms with E-state index in [9.17, 15) is 9.59 Å². The lowest BCUT2D eigenvalue weighted by atomic mass is 10.1. The fourth-order valence-corrected chi connectivity index (χ4v) is 3.44. The van der Waals surface area contributed by atoms with E-state index in [1.807, 2.05) is 32.0 Å². The number of benzene rings is 2. The molecule has 9 heteroatoms. The maximum atomic E-state index is 12.8. The summed E-state index contributed by atoms with van der Waals surface area (Å²) in [4.78, 5) is 29.7. The van der Waals surface area contributed by atoms with Crippen molar-refractivity contribution in [3.8, 4) is 5.69 Å². The van der Waals surface area contributed by atoms with Crippen LogP contribution in [-0.2, 0) is 0 Å². The third-order valence-electron chi connectivity index (χ3n) is 4.62. The molecule has 4 rings (SSSR count). The molecule has 2 aromatic heterocycles. The standard InChI is InChI=1S/C20H15BrClN5O2/c1-11-3-5-14(7-12(11)2)27-18-16(9-24-27)20(29)26(10-23-18)25-19(28)15-8-13(21)4-6-17(15)22/h3-10H,1-2H3,(H,25,28). The Morgan fingerprint density at radius 2 is 1.93 bits per heavy atom. The summed E-state index contributed by atoms with van der Waals surface area (Å²) >= 11 is 9.39. The van der Waals surface area contributed by atoms with Crippen molar-refractivity contribution in [2.45, 2.75) is 13.8 Å². The number of nitrogens with zero attached hydrogens (tertiary/aromatic N) is 4. The molecule has 0 aliphatic heterocycles. The first-order chi connectivity index (χ1) is 13.8. The molecular weight excluding hydrogens is 458 g/mol. The van der Waals surface area contributed by atoms with Crippen LogP contribution in [-0.4, -0.2) is 25.3 Å². The van der Waals surface area contributed by atoms with Crippen molar-refractivity contribution < 1.29 is 4.79 Å². The Balaban J connectivity index is 1.72. The lowest BCUT2D eigenvalue weighted by Gasteiger charge is -2.10. The Hall–Kier alpha value is -2.97. The summed E-state index contributed by atoms with van der Waals surface area (Å²) in [6.07, 6.45) is 2.70. The molecule has 0 aliphatic rings. The van der Waals surface area contributed by atoms with Crippen molar-refractivity contribution in [2.24, 2.45) is 0 Å². The van der Waals surface area contributed by atoms with Gasteiger partial charge in [-0.2, -0.15) is 5.10 Å². The first-order valence-electron chi connectivity index (χ1n) is 8.64. The van der Waals surface area contributed by atoms with Crippen LogP contribution < -0.4 is 11.0 Å². The SMILES string of the molecule is Cc1ccc(-n2ncc3c(=O)n(NC(=O)c4cc(Br)ccc4Cl)cnc32)cc1C. The van der Waals surface area contributed by atoms with Gasteiger partial charge in [-0.15, -0.1) is 0 Å². The van der Waals surface area contributed by atoms with Gasteiger partial charge in [0.15, 0.2) is 5.65 Å². The molecule has 1 N–H and O–H groups in total. The Labute approximate surface area is 179 Å². The summed E-state index contributed by atoms with van der Waals surface area (Å²) in [6.45, 7) is 4.03. The molecule has 2 aromatic carbocycles. The molecule has 2 heterocycles. The van der Waals surface area contributed by atoms with Gasteiger partial charge in [-0.05, 0) is 55.3 Å². The van der Waals surface area contributed by atoms with Gasteiger partial charge < -0.3 is 0 Å². The van der Waals surface area contributed by atoms with Gasteiger partial charge in [-0.25, -0.2) is 14.3 Å². The number of halogens is 2. The molecule has 0 saturated carbocycles. The van der Waals surface area contributed by atoms with E-state index in [2.05, 4.69) is 31.4 Å². The highest BCUT2D eigenvalue weighted by atomic mass is 79.9. The highest BCUT2D eigenvalue weighted by Gasteiger charge is 2.15. The number of fused-ring (bicyclic) bond motifs is 1. The third kappa shape index (κ3) is 3.56. The van der Waals surface area contributed by atoms with Crippen LogP contribution in [0.1, 0.15) is 21.5 Å². The van der Waals surface area contributed by atoms with Crippen LogP contribution in [0.2, 0.25) is 5.02 Å². The third-order valence-corrected chi connectivity index (χ3v) is 5.44. The van der Waals surface area contributed by atoms with E-state index in [0.29, 0.717) is 10.1 Å². The predicted molar refractivity (Wildman–Crippen MR) is 115 cm³/mol. The number of aromatic nitrogens is 4. The van der Waals surface area contributed by atoms with Crippen LogP contribution in [0.4, 0.5) is 0 Å². The fraction of sp³-hybridized carbons (Fsp3) is 0.100. The molecule has 0 saturated heterocycles. The smallest absolute Gasteiger partial charge is 0.267 e. The summed E-state index contributed by atoms with van der Waals surface area (Å²) in [5.74, 6) is -0.527. The monoisotopic (exact) mass is 471 g/mol. The summed E-state index contributed by atoms with van der Waals surface area (Å²) < 4.78 is 3.32. The van der Waals surface area contributed by atoms with Crippen molar-refractivity contribution in [3.05, 3.63) is 85.5 Å². The minimum Gasteiger partial charge on any atom is -0.267 e. The molecule has 7 nitrogen and oxygen atoms in total. The van der Waals surface area contributed by atoms with E-state index < -0.39 is 11.5 Å². The molecular formula is C20H15BrClN5O2. The quantitative estimate of drug-likeness (QED) is 0.489. The van der Waals surface area contributed by atoms with E-state index >= 15 is 0 Å². The lowest BCUT2D eigenvalue weighted by molar-refractivity contribution is 0.101. The number of hydrogen-bond donors (Lipinski definition) is 1. The van der Waals surface area contributed by atoms with Crippen LogP contribution in [0, 0.1) is 13.8 Å². The highest BCUT2D eigenvalue weighted by molar-refractivity contribution is 9.10. The zero-order chi connectivity index (χ0) is 20.7. The molecule has 29 heavy (non-hydrogen) atoms. The minimum absolute atomic E-state index is 0.235. The van der Waals surface area contributed by atoms with Crippen molar-refractivity contribution in [2.75, 3.05) is 5.43 Å². The van der Waals surface area contributed by atoms with Gasteiger partial charge >= 0.3 is 0 Å². The van der Waals surface area contributed by atoms with Crippen molar-refractivity contribution in [1.29, 1.82) is 0 Å². The molecule has 0 spiro atoms. The molecule has 4 aromatic rings. The average Bonchev–Trinajstić information content (AvgIpc) is 3.13. The lowest BCUT2D eigenvalue weighted by Crippen LogP contribution is -2.33. The van der Waals surface area contributed by atoms with Gasteiger partial charge in [0, 0.05) is 4.47 Å². The number of rotatable bonds is 3. The zero-order valence-corrected chi connectivity index (χ0v) is 17.8. The highest BCUT2D eigenvalue weighted by Crippen LogP contribution is 2.21. The van der Waals surface area contributed by atoms with Crippen LogP contribution in [0.15, 0.2) is 58.2 Å². The predicted octanol–water partition coefficient (Wildman–Crippen LogP) is 4.00. The van der Waals surface area contributed by atoms with Crippen molar-refractivity contribution >= 4 is 44.5 Å². The van der Waals surface area contributed by atoms with Crippen molar-refractivity contribution in [1.82, 2.24) is 19.4 Å². The second-order valence-corrected chi connectivity index (χ2v) is 7.87. The maximum absolute atomic E-state index is 12.8. The fourth-order valence-electron chi connectivity index (χ4n) is 2.88. The van der Waals surface area contributed by atoms with Gasteiger partial charge in [-0.1, -0.05) is 33.6 Å². The summed E-state index contributed by atoms with van der Waals surface area (Å²) in [7, 11) is 0. The Kier molecular flexibility index (Phi) is 4.97. The van der Waals surface area contributed by atoms with Gasteiger partial charge in [0.2, 0.25) is 0 Å². The average molecular weight is 473 g/mol. The van der Waals surface area contributed by atoms with E-state index in [0.717, 1.165) is 21.5 Å². The van der Waals surface area contributed by atoms with Gasteiger partial charge in [0.25, 0.3) is 11.5 Å².